The summed E-state index contributed by atoms with van der Waals surface area (Å²) in [5.41, 5.74) is -0.516. The van der Waals surface area contributed by atoms with Gasteiger partial charge in [-0.05, 0) is 45.0 Å². The van der Waals surface area contributed by atoms with Crippen molar-refractivity contribution in [2.45, 2.75) is 38.8 Å². The first-order chi connectivity index (χ1) is 10.6. The van der Waals surface area contributed by atoms with E-state index in [0.29, 0.717) is 0 Å². The first kappa shape index (κ1) is 18.6. The van der Waals surface area contributed by atoms with Gasteiger partial charge in [-0.2, -0.15) is 0 Å². The minimum atomic E-state index is -1.19. The van der Waals surface area contributed by atoms with Gasteiger partial charge in [-0.25, -0.2) is 14.0 Å². The number of carbonyl (C=O) groups excluding carboxylic acids is 3. The summed E-state index contributed by atoms with van der Waals surface area (Å²) < 4.78 is 22.5. The van der Waals surface area contributed by atoms with Crippen molar-refractivity contribution in [2.24, 2.45) is 0 Å². The lowest BCUT2D eigenvalue weighted by Crippen LogP contribution is -2.45. The van der Waals surface area contributed by atoms with Crippen LogP contribution in [-0.4, -0.2) is 36.6 Å². The average Bonchev–Trinajstić information content (AvgIpc) is 2.44. The van der Waals surface area contributed by atoms with Gasteiger partial charge < -0.3 is 14.8 Å². The molecular formula is C16H20FNO5. The highest BCUT2D eigenvalue weighted by atomic mass is 19.1. The molecule has 7 heteroatoms. The fourth-order valence-electron chi connectivity index (χ4n) is 1.72. The summed E-state index contributed by atoms with van der Waals surface area (Å²) in [5.74, 6) is -1.68. The maximum Gasteiger partial charge on any atom is 0.408 e. The molecule has 0 aliphatic rings. The Labute approximate surface area is 134 Å². The summed E-state index contributed by atoms with van der Waals surface area (Å²) in [5, 5.41) is 2.31. The Morgan fingerprint density at radius 2 is 1.74 bits per heavy atom. The second-order valence-corrected chi connectivity index (χ2v) is 5.86. The Kier molecular flexibility index (Phi) is 6.24. The highest BCUT2D eigenvalue weighted by molar-refractivity contribution is 5.99. The van der Waals surface area contributed by atoms with Crippen LogP contribution in [0.1, 0.15) is 37.6 Å². The molecule has 1 aromatic rings. The molecule has 1 rings (SSSR count). The molecule has 0 saturated heterocycles. The maximum atomic E-state index is 12.9. The second kappa shape index (κ2) is 7.71. The molecule has 0 bridgehead atoms. The van der Waals surface area contributed by atoms with Crippen molar-refractivity contribution in [1.29, 1.82) is 0 Å². The number of carbonyl (C=O) groups is 3. The SMILES string of the molecule is COC(=O)[C@H](CC(=O)c1ccc(F)cc1)NC(=O)OC(C)(C)C. The number of esters is 1. The summed E-state index contributed by atoms with van der Waals surface area (Å²) in [7, 11) is 1.15. The van der Waals surface area contributed by atoms with Crippen LogP contribution >= 0.6 is 0 Å². The van der Waals surface area contributed by atoms with E-state index in [4.69, 9.17) is 4.74 Å². The third-order valence-corrected chi connectivity index (χ3v) is 2.73. The van der Waals surface area contributed by atoms with Crippen molar-refractivity contribution in [3.05, 3.63) is 35.6 Å². The molecule has 1 N–H and O–H groups in total. The van der Waals surface area contributed by atoms with Crippen molar-refractivity contribution < 1.29 is 28.2 Å². The predicted octanol–water partition coefficient (Wildman–Crippen LogP) is 2.46. The molecule has 0 radical (unpaired) electrons. The number of benzene rings is 1. The van der Waals surface area contributed by atoms with E-state index in [1.54, 1.807) is 20.8 Å². The summed E-state index contributed by atoms with van der Waals surface area (Å²) in [6.07, 6.45) is -1.16. The van der Waals surface area contributed by atoms with Gasteiger partial charge in [0.25, 0.3) is 0 Å². The van der Waals surface area contributed by atoms with E-state index < -0.39 is 35.3 Å². The maximum absolute atomic E-state index is 12.9. The topological polar surface area (TPSA) is 81.7 Å². The fourth-order valence-corrected chi connectivity index (χ4v) is 1.72. The van der Waals surface area contributed by atoms with E-state index in [-0.39, 0.29) is 12.0 Å². The number of Topliss-reactive ketones (excluding diaryl/α,β-unsaturated/α-hetero) is 1. The first-order valence-electron chi connectivity index (χ1n) is 6.98. The number of ketones is 1. The van der Waals surface area contributed by atoms with E-state index >= 15 is 0 Å². The monoisotopic (exact) mass is 325 g/mol. The van der Waals surface area contributed by atoms with Crippen LogP contribution in [0.4, 0.5) is 9.18 Å². The third-order valence-electron chi connectivity index (χ3n) is 2.73. The van der Waals surface area contributed by atoms with Gasteiger partial charge in [-0.15, -0.1) is 0 Å². The van der Waals surface area contributed by atoms with Crippen LogP contribution in [0.15, 0.2) is 24.3 Å². The predicted molar refractivity (Wildman–Crippen MR) is 80.5 cm³/mol. The van der Waals surface area contributed by atoms with Gasteiger partial charge in [0.05, 0.1) is 7.11 Å². The zero-order chi connectivity index (χ0) is 17.6. The minimum Gasteiger partial charge on any atom is -0.467 e. The van der Waals surface area contributed by atoms with Gasteiger partial charge in [0, 0.05) is 12.0 Å². The fraction of sp³-hybridized carbons (Fsp3) is 0.438. The number of hydrogen-bond donors (Lipinski definition) is 1. The van der Waals surface area contributed by atoms with Crippen LogP contribution in [0.2, 0.25) is 0 Å². The van der Waals surface area contributed by atoms with Gasteiger partial charge in [0.15, 0.2) is 5.78 Å². The van der Waals surface area contributed by atoms with E-state index in [2.05, 4.69) is 10.1 Å². The molecule has 0 aliphatic heterocycles. The van der Waals surface area contributed by atoms with Crippen LogP contribution in [0.5, 0.6) is 0 Å². The van der Waals surface area contributed by atoms with E-state index in [0.717, 1.165) is 19.2 Å². The van der Waals surface area contributed by atoms with Gasteiger partial charge in [0.2, 0.25) is 0 Å². The van der Waals surface area contributed by atoms with Crippen LogP contribution in [0, 0.1) is 5.82 Å². The summed E-state index contributed by atoms with van der Waals surface area (Å²) in [6.45, 7) is 5.01. The van der Waals surface area contributed by atoms with E-state index in [1.165, 1.54) is 12.1 Å². The highest BCUT2D eigenvalue weighted by Gasteiger charge is 2.27. The van der Waals surface area contributed by atoms with Gasteiger partial charge >= 0.3 is 12.1 Å². The number of nitrogens with one attached hydrogen (secondary N) is 1. The summed E-state index contributed by atoms with van der Waals surface area (Å²) in [4.78, 5) is 35.6. The van der Waals surface area contributed by atoms with Gasteiger partial charge in [0.1, 0.15) is 17.5 Å². The lowest BCUT2D eigenvalue weighted by molar-refractivity contribution is -0.143. The third kappa shape index (κ3) is 6.46. The molecule has 0 aliphatic carbocycles. The van der Waals surface area contributed by atoms with Crippen molar-refractivity contribution in [3.8, 4) is 0 Å². The Hall–Kier alpha value is -2.44. The van der Waals surface area contributed by atoms with Crippen LogP contribution in [0.25, 0.3) is 0 Å². The molecule has 1 amide bonds. The van der Waals surface area contributed by atoms with Crippen molar-refractivity contribution in [1.82, 2.24) is 5.32 Å². The largest absolute Gasteiger partial charge is 0.467 e. The van der Waals surface area contributed by atoms with Crippen LogP contribution < -0.4 is 5.32 Å². The van der Waals surface area contributed by atoms with Crippen molar-refractivity contribution in [2.75, 3.05) is 7.11 Å². The lowest BCUT2D eigenvalue weighted by atomic mass is 10.0. The average molecular weight is 325 g/mol. The molecule has 1 atom stereocenters. The molecular weight excluding hydrogens is 305 g/mol. The zero-order valence-electron chi connectivity index (χ0n) is 13.5. The Balaban J connectivity index is 2.78. The molecule has 0 saturated carbocycles. The highest BCUT2D eigenvalue weighted by Crippen LogP contribution is 2.10. The van der Waals surface area contributed by atoms with Crippen molar-refractivity contribution in [3.63, 3.8) is 0 Å². The molecule has 0 unspecified atom stereocenters. The molecule has 0 heterocycles. The normalized spacial score (nSPS) is 12.2. The van der Waals surface area contributed by atoms with Crippen LogP contribution in [0.3, 0.4) is 0 Å². The zero-order valence-corrected chi connectivity index (χ0v) is 13.5. The summed E-state index contributed by atoms with van der Waals surface area (Å²) in [6, 6.07) is 3.70. The Bertz CT molecular complexity index is 577. The second-order valence-electron chi connectivity index (χ2n) is 5.86. The number of rotatable bonds is 5. The molecule has 6 nitrogen and oxygen atoms in total. The number of ether oxygens (including phenoxy) is 2. The quantitative estimate of drug-likeness (QED) is 0.664. The smallest absolute Gasteiger partial charge is 0.408 e. The number of hydrogen-bond acceptors (Lipinski definition) is 5. The lowest BCUT2D eigenvalue weighted by Gasteiger charge is -2.22. The number of halogens is 1. The van der Waals surface area contributed by atoms with E-state index in [9.17, 15) is 18.8 Å². The number of alkyl carbamates (subject to hydrolysis) is 1. The molecule has 0 fully saturated rings. The molecule has 0 spiro atoms. The number of amides is 1. The Morgan fingerprint density at radius 3 is 2.22 bits per heavy atom. The minimum absolute atomic E-state index is 0.228. The van der Waals surface area contributed by atoms with Gasteiger partial charge in [-0.3, -0.25) is 4.79 Å². The first-order valence-corrected chi connectivity index (χ1v) is 6.98. The molecule has 0 aromatic heterocycles. The molecule has 1 aromatic carbocycles. The molecule has 23 heavy (non-hydrogen) atoms. The number of methoxy groups -OCH3 is 1. The van der Waals surface area contributed by atoms with Gasteiger partial charge in [-0.1, -0.05) is 0 Å². The standard InChI is InChI=1S/C16H20FNO5/c1-16(2,3)23-15(21)18-12(14(20)22-4)9-13(19)10-5-7-11(17)8-6-10/h5-8,12H,9H2,1-4H3,(H,18,21)/t12-/m0/s1. The summed E-state index contributed by atoms with van der Waals surface area (Å²) >= 11 is 0. The van der Waals surface area contributed by atoms with Crippen LogP contribution in [-0.2, 0) is 14.3 Å². The van der Waals surface area contributed by atoms with E-state index in [1.807, 2.05) is 0 Å². The Morgan fingerprint density at radius 1 is 1.17 bits per heavy atom. The molecule has 126 valence electrons. The van der Waals surface area contributed by atoms with Crippen molar-refractivity contribution >= 4 is 17.8 Å².